The van der Waals surface area contributed by atoms with Crippen LogP contribution in [0.15, 0.2) is 18.2 Å². The number of nitrogens with zero attached hydrogens (tertiary/aromatic N) is 1. The Hall–Kier alpha value is -0.970. The van der Waals surface area contributed by atoms with E-state index in [1.165, 1.54) is 0 Å². The van der Waals surface area contributed by atoms with E-state index in [-0.39, 0.29) is 31.0 Å². The smallest absolute Gasteiger partial charge is 0.260 e. The third-order valence-electron chi connectivity index (χ3n) is 3.57. The monoisotopic (exact) mass is 348 g/mol. The highest BCUT2D eigenvalue weighted by atomic mass is 35.5. The van der Waals surface area contributed by atoms with Crippen molar-refractivity contribution in [3.05, 3.63) is 28.8 Å². The summed E-state index contributed by atoms with van der Waals surface area (Å²) >= 11 is 5.95. The van der Waals surface area contributed by atoms with Crippen molar-refractivity contribution < 1.29 is 9.53 Å². The molecule has 1 aromatic rings. The molecule has 22 heavy (non-hydrogen) atoms. The maximum atomic E-state index is 12.0. The van der Waals surface area contributed by atoms with Gasteiger partial charge in [-0.1, -0.05) is 25.4 Å². The first kappa shape index (κ1) is 21.0. The van der Waals surface area contributed by atoms with Crippen molar-refractivity contribution in [2.45, 2.75) is 33.2 Å². The quantitative estimate of drug-likeness (QED) is 0.822. The number of nitrogens with two attached hydrogens (primary N) is 1. The summed E-state index contributed by atoms with van der Waals surface area (Å²) in [6.45, 7) is 6.73. The Morgan fingerprint density at radius 2 is 2.05 bits per heavy atom. The van der Waals surface area contributed by atoms with E-state index in [0.717, 1.165) is 12.0 Å². The molecule has 4 nitrogen and oxygen atoms in total. The van der Waals surface area contributed by atoms with Crippen LogP contribution in [0.3, 0.4) is 0 Å². The molecule has 0 aliphatic heterocycles. The van der Waals surface area contributed by atoms with Crippen LogP contribution in [0.1, 0.15) is 25.8 Å². The Morgan fingerprint density at radius 1 is 1.41 bits per heavy atom. The molecule has 0 heterocycles. The second-order valence-corrected chi connectivity index (χ2v) is 6.12. The van der Waals surface area contributed by atoms with Gasteiger partial charge >= 0.3 is 0 Å². The average Bonchev–Trinajstić information content (AvgIpc) is 2.44. The lowest BCUT2D eigenvalue weighted by molar-refractivity contribution is -0.132. The molecule has 2 N–H and O–H groups in total. The molecule has 0 fully saturated rings. The molecule has 1 amide bonds. The van der Waals surface area contributed by atoms with E-state index in [4.69, 9.17) is 22.1 Å². The summed E-state index contributed by atoms with van der Waals surface area (Å²) in [4.78, 5) is 13.6. The van der Waals surface area contributed by atoms with Gasteiger partial charge in [-0.05, 0) is 43.0 Å². The van der Waals surface area contributed by atoms with Crippen molar-refractivity contribution in [1.29, 1.82) is 0 Å². The number of carbonyl (C=O) groups excluding carboxylic acids is 1. The van der Waals surface area contributed by atoms with Gasteiger partial charge in [0.1, 0.15) is 5.75 Å². The maximum absolute atomic E-state index is 12.0. The molecule has 1 atom stereocenters. The Bertz CT molecular complexity index is 481. The molecule has 0 saturated heterocycles. The van der Waals surface area contributed by atoms with Crippen LogP contribution in [-0.2, 0) is 4.79 Å². The molecule has 0 spiro atoms. The molecule has 0 aliphatic rings. The summed E-state index contributed by atoms with van der Waals surface area (Å²) < 4.78 is 5.50. The van der Waals surface area contributed by atoms with Crippen LogP contribution in [0.25, 0.3) is 0 Å². The fourth-order valence-electron chi connectivity index (χ4n) is 1.76. The predicted molar refractivity (Wildman–Crippen MR) is 94.0 cm³/mol. The first-order valence-electron chi connectivity index (χ1n) is 7.19. The summed E-state index contributed by atoms with van der Waals surface area (Å²) in [5.74, 6) is 1.01. The predicted octanol–water partition coefficient (Wildman–Crippen LogP) is 3.28. The van der Waals surface area contributed by atoms with Gasteiger partial charge in [-0.2, -0.15) is 0 Å². The van der Waals surface area contributed by atoms with Crippen molar-refractivity contribution in [3.8, 4) is 5.75 Å². The van der Waals surface area contributed by atoms with E-state index in [1.807, 2.05) is 13.0 Å². The van der Waals surface area contributed by atoms with Crippen LogP contribution in [0.2, 0.25) is 5.02 Å². The number of hydrogen-bond donors (Lipinski definition) is 1. The highest BCUT2D eigenvalue weighted by Gasteiger charge is 2.13. The van der Waals surface area contributed by atoms with E-state index in [9.17, 15) is 4.79 Å². The van der Waals surface area contributed by atoms with Crippen LogP contribution < -0.4 is 10.5 Å². The zero-order valence-electron chi connectivity index (χ0n) is 13.6. The number of halogens is 2. The van der Waals surface area contributed by atoms with Crippen molar-refractivity contribution in [2.75, 3.05) is 20.2 Å². The topological polar surface area (TPSA) is 55.6 Å². The Morgan fingerprint density at radius 3 is 2.59 bits per heavy atom. The van der Waals surface area contributed by atoms with Crippen molar-refractivity contribution >= 4 is 29.9 Å². The number of hydrogen-bond acceptors (Lipinski definition) is 3. The molecule has 0 saturated carbocycles. The summed E-state index contributed by atoms with van der Waals surface area (Å²) in [6.07, 6.45) is 0.792. The number of benzene rings is 1. The Kier molecular flexibility index (Phi) is 9.49. The first-order chi connectivity index (χ1) is 9.81. The summed E-state index contributed by atoms with van der Waals surface area (Å²) in [6, 6.07) is 5.46. The van der Waals surface area contributed by atoms with E-state index in [2.05, 4.69) is 13.8 Å². The second-order valence-electron chi connectivity index (χ2n) is 5.71. The van der Waals surface area contributed by atoms with Crippen molar-refractivity contribution in [3.63, 3.8) is 0 Å². The SMILES string of the molecule is Cc1cc(OCC(=O)N(C)CCC(N)C(C)C)ccc1Cl.Cl. The molecule has 0 radical (unpaired) electrons. The third-order valence-corrected chi connectivity index (χ3v) is 4.00. The molecule has 0 aliphatic carbocycles. The summed E-state index contributed by atoms with van der Waals surface area (Å²) in [5, 5.41) is 0.688. The number of likely N-dealkylation sites (N-methyl/N-ethyl adjacent to an activating group) is 1. The van der Waals surface area contributed by atoms with Gasteiger partial charge in [0.15, 0.2) is 6.61 Å². The van der Waals surface area contributed by atoms with Gasteiger partial charge in [-0.3, -0.25) is 4.79 Å². The normalized spacial score (nSPS) is 11.8. The van der Waals surface area contributed by atoms with Crippen LogP contribution in [0, 0.1) is 12.8 Å². The van der Waals surface area contributed by atoms with E-state index >= 15 is 0 Å². The summed E-state index contributed by atoms with van der Waals surface area (Å²) in [5.41, 5.74) is 6.91. The first-order valence-corrected chi connectivity index (χ1v) is 7.57. The number of carbonyl (C=O) groups is 1. The van der Waals surface area contributed by atoms with E-state index in [0.29, 0.717) is 23.2 Å². The lowest BCUT2D eigenvalue weighted by Gasteiger charge is -2.21. The average molecular weight is 349 g/mol. The van der Waals surface area contributed by atoms with Gasteiger partial charge in [-0.15, -0.1) is 12.4 Å². The van der Waals surface area contributed by atoms with Gasteiger partial charge in [0.25, 0.3) is 5.91 Å². The molecule has 0 aromatic heterocycles. The van der Waals surface area contributed by atoms with Gasteiger partial charge in [0.2, 0.25) is 0 Å². The Balaban J connectivity index is 0.00000441. The lowest BCUT2D eigenvalue weighted by Crippen LogP contribution is -2.36. The zero-order chi connectivity index (χ0) is 16.0. The molecule has 1 aromatic carbocycles. The van der Waals surface area contributed by atoms with Crippen LogP contribution >= 0.6 is 24.0 Å². The standard InChI is InChI=1S/C16H25ClN2O2.ClH/c1-11(2)15(18)7-8-19(4)16(20)10-21-13-5-6-14(17)12(3)9-13;/h5-6,9,11,15H,7-8,10,18H2,1-4H3;1H. The molecule has 1 unspecified atom stereocenters. The Labute approximate surface area is 144 Å². The summed E-state index contributed by atoms with van der Waals surface area (Å²) in [7, 11) is 1.77. The lowest BCUT2D eigenvalue weighted by atomic mass is 10.0. The number of aryl methyl sites for hydroxylation is 1. The fourth-order valence-corrected chi connectivity index (χ4v) is 1.88. The second kappa shape index (κ2) is 9.93. The van der Waals surface area contributed by atoms with Crippen LogP contribution in [-0.4, -0.2) is 37.0 Å². The number of amides is 1. The van der Waals surface area contributed by atoms with Gasteiger partial charge < -0.3 is 15.4 Å². The maximum Gasteiger partial charge on any atom is 0.260 e. The molecule has 6 heteroatoms. The van der Waals surface area contributed by atoms with Crippen molar-refractivity contribution in [1.82, 2.24) is 4.90 Å². The van der Waals surface area contributed by atoms with E-state index < -0.39 is 0 Å². The van der Waals surface area contributed by atoms with Gasteiger partial charge in [0, 0.05) is 24.7 Å². The zero-order valence-corrected chi connectivity index (χ0v) is 15.2. The third kappa shape index (κ3) is 6.86. The van der Waals surface area contributed by atoms with E-state index in [1.54, 1.807) is 24.1 Å². The van der Waals surface area contributed by atoms with Crippen LogP contribution in [0.5, 0.6) is 5.75 Å². The molecule has 126 valence electrons. The minimum absolute atomic E-state index is 0. The molecule has 0 bridgehead atoms. The highest BCUT2D eigenvalue weighted by Crippen LogP contribution is 2.21. The minimum atomic E-state index is -0.0569. The molecular formula is C16H26Cl2N2O2. The van der Waals surface area contributed by atoms with Gasteiger partial charge in [0.05, 0.1) is 0 Å². The largest absolute Gasteiger partial charge is 0.484 e. The van der Waals surface area contributed by atoms with Gasteiger partial charge in [-0.25, -0.2) is 0 Å². The van der Waals surface area contributed by atoms with Crippen molar-refractivity contribution in [2.24, 2.45) is 11.7 Å². The molecular weight excluding hydrogens is 323 g/mol. The fraction of sp³-hybridized carbons (Fsp3) is 0.562. The highest BCUT2D eigenvalue weighted by molar-refractivity contribution is 6.31. The number of ether oxygens (including phenoxy) is 1. The molecule has 1 rings (SSSR count). The minimum Gasteiger partial charge on any atom is -0.484 e. The number of rotatable bonds is 7. The van der Waals surface area contributed by atoms with Crippen LogP contribution in [0.4, 0.5) is 0 Å².